The molecule has 80 valence electrons. The fraction of sp³-hybridized carbons (Fsp3) is 0.417. The summed E-state index contributed by atoms with van der Waals surface area (Å²) in [5.74, 6) is 0.0401. The molecule has 3 heteroatoms. The molecule has 15 heavy (non-hydrogen) atoms. The molecule has 1 aromatic carbocycles. The number of nitrogens with one attached hydrogen (secondary N) is 1. The van der Waals surface area contributed by atoms with Gasteiger partial charge in [0.15, 0.2) is 0 Å². The Hall–Kier alpha value is -1.01. The third kappa shape index (κ3) is 3.56. The molecule has 1 atom stereocenters. The van der Waals surface area contributed by atoms with Crippen LogP contribution in [0.2, 0.25) is 0 Å². The Bertz CT molecular complexity index is 368. The minimum Gasteiger partial charge on any atom is -0.384 e. The highest BCUT2D eigenvalue weighted by molar-refractivity contribution is 9.10. The van der Waals surface area contributed by atoms with Crippen molar-refractivity contribution in [2.75, 3.05) is 11.9 Å². The molecule has 1 unspecified atom stereocenters. The van der Waals surface area contributed by atoms with Gasteiger partial charge in [0.2, 0.25) is 0 Å². The van der Waals surface area contributed by atoms with Gasteiger partial charge in [-0.15, -0.1) is 0 Å². The molecule has 0 aliphatic rings. The summed E-state index contributed by atoms with van der Waals surface area (Å²) in [7, 11) is 0. The highest BCUT2D eigenvalue weighted by atomic mass is 79.9. The van der Waals surface area contributed by atoms with E-state index in [1.807, 2.05) is 19.1 Å². The molecule has 0 aliphatic carbocycles. The zero-order chi connectivity index (χ0) is 11.3. The van der Waals surface area contributed by atoms with Crippen LogP contribution in [0.5, 0.6) is 0 Å². The van der Waals surface area contributed by atoms with E-state index in [1.54, 1.807) is 0 Å². The molecular formula is C12H15BrN2. The Labute approximate surface area is 99.4 Å². The van der Waals surface area contributed by atoms with Gasteiger partial charge in [0.25, 0.3) is 0 Å². The van der Waals surface area contributed by atoms with E-state index in [4.69, 9.17) is 5.26 Å². The lowest BCUT2D eigenvalue weighted by Gasteiger charge is -2.12. The van der Waals surface area contributed by atoms with Crippen molar-refractivity contribution in [1.82, 2.24) is 0 Å². The van der Waals surface area contributed by atoms with Crippen LogP contribution in [0, 0.1) is 17.2 Å². The first-order valence-electron chi connectivity index (χ1n) is 5.09. The maximum atomic E-state index is 8.69. The van der Waals surface area contributed by atoms with Crippen molar-refractivity contribution in [3.63, 3.8) is 0 Å². The largest absolute Gasteiger partial charge is 0.384 e. The van der Waals surface area contributed by atoms with Crippen molar-refractivity contribution in [3.05, 3.63) is 28.2 Å². The molecule has 0 aromatic heterocycles. The summed E-state index contributed by atoms with van der Waals surface area (Å²) in [6, 6.07) is 8.38. The van der Waals surface area contributed by atoms with E-state index < -0.39 is 0 Å². The molecule has 0 aliphatic heterocycles. The van der Waals surface area contributed by atoms with Gasteiger partial charge in [0.05, 0.1) is 12.0 Å². The Balaban J connectivity index is 2.73. The van der Waals surface area contributed by atoms with E-state index in [0.717, 1.165) is 16.6 Å². The van der Waals surface area contributed by atoms with Crippen molar-refractivity contribution in [2.45, 2.75) is 20.3 Å². The van der Waals surface area contributed by atoms with Crippen molar-refractivity contribution < 1.29 is 0 Å². The summed E-state index contributed by atoms with van der Waals surface area (Å²) in [6.45, 7) is 4.74. The molecule has 0 amide bonds. The van der Waals surface area contributed by atoms with E-state index in [1.165, 1.54) is 5.56 Å². The number of benzene rings is 1. The van der Waals surface area contributed by atoms with Crippen molar-refractivity contribution in [1.29, 1.82) is 5.26 Å². The van der Waals surface area contributed by atoms with Gasteiger partial charge in [0.1, 0.15) is 0 Å². The second-order valence-electron chi connectivity index (χ2n) is 3.57. The Morgan fingerprint density at radius 3 is 2.87 bits per heavy atom. The molecule has 1 N–H and O–H groups in total. The Kier molecular flexibility index (Phi) is 4.64. The van der Waals surface area contributed by atoms with Crippen LogP contribution in [0.4, 0.5) is 5.69 Å². The summed E-state index contributed by atoms with van der Waals surface area (Å²) >= 11 is 3.45. The minimum absolute atomic E-state index is 0.0401. The molecule has 0 heterocycles. The summed E-state index contributed by atoms with van der Waals surface area (Å²) < 4.78 is 1.10. The number of hydrogen-bond donors (Lipinski definition) is 1. The van der Waals surface area contributed by atoms with E-state index >= 15 is 0 Å². The number of rotatable bonds is 4. The first-order chi connectivity index (χ1) is 7.17. The first kappa shape index (κ1) is 12.1. The number of anilines is 1. The molecule has 0 saturated heterocycles. The zero-order valence-electron chi connectivity index (χ0n) is 9.05. The van der Waals surface area contributed by atoms with E-state index in [2.05, 4.69) is 40.3 Å². The van der Waals surface area contributed by atoms with Crippen LogP contribution in [0.3, 0.4) is 0 Å². The highest BCUT2D eigenvalue weighted by Gasteiger charge is 2.03. The average Bonchev–Trinajstić information content (AvgIpc) is 2.26. The van der Waals surface area contributed by atoms with Crippen LogP contribution in [-0.4, -0.2) is 6.54 Å². The van der Waals surface area contributed by atoms with Crippen molar-refractivity contribution in [3.8, 4) is 6.07 Å². The number of hydrogen-bond acceptors (Lipinski definition) is 2. The molecule has 1 aromatic rings. The van der Waals surface area contributed by atoms with E-state index in [0.29, 0.717) is 6.54 Å². The smallest absolute Gasteiger partial charge is 0.0671 e. The van der Waals surface area contributed by atoms with Crippen LogP contribution in [-0.2, 0) is 6.42 Å². The van der Waals surface area contributed by atoms with Gasteiger partial charge in [-0.05, 0) is 37.1 Å². The topological polar surface area (TPSA) is 35.8 Å². The maximum absolute atomic E-state index is 8.69. The Morgan fingerprint density at radius 1 is 1.53 bits per heavy atom. The van der Waals surface area contributed by atoms with Gasteiger partial charge in [-0.1, -0.05) is 22.9 Å². The summed E-state index contributed by atoms with van der Waals surface area (Å²) in [4.78, 5) is 0. The van der Waals surface area contributed by atoms with Gasteiger partial charge < -0.3 is 5.32 Å². The number of aryl methyl sites for hydroxylation is 1. The highest BCUT2D eigenvalue weighted by Crippen LogP contribution is 2.21. The maximum Gasteiger partial charge on any atom is 0.0671 e. The molecule has 2 nitrogen and oxygen atoms in total. The van der Waals surface area contributed by atoms with Gasteiger partial charge >= 0.3 is 0 Å². The SMILES string of the molecule is CCc1cc(Br)ccc1NCC(C)C#N. The molecule has 0 bridgehead atoms. The molecule has 0 fully saturated rings. The van der Waals surface area contributed by atoms with E-state index in [9.17, 15) is 0 Å². The molecule has 1 rings (SSSR count). The van der Waals surface area contributed by atoms with Gasteiger partial charge in [-0.25, -0.2) is 0 Å². The lowest BCUT2D eigenvalue weighted by Crippen LogP contribution is -2.10. The van der Waals surface area contributed by atoms with Crippen molar-refractivity contribution in [2.24, 2.45) is 5.92 Å². The zero-order valence-corrected chi connectivity index (χ0v) is 10.6. The lowest BCUT2D eigenvalue weighted by atomic mass is 10.1. The van der Waals surface area contributed by atoms with E-state index in [-0.39, 0.29) is 5.92 Å². The average molecular weight is 267 g/mol. The molecule has 0 saturated carbocycles. The van der Waals surface area contributed by atoms with Gasteiger partial charge in [-0.2, -0.15) is 5.26 Å². The lowest BCUT2D eigenvalue weighted by molar-refractivity contribution is 0.785. The molecule has 0 radical (unpaired) electrons. The van der Waals surface area contributed by atoms with Crippen molar-refractivity contribution >= 4 is 21.6 Å². The number of nitrogens with zero attached hydrogens (tertiary/aromatic N) is 1. The fourth-order valence-corrected chi connectivity index (χ4v) is 1.74. The standard InChI is InChI=1S/C12H15BrN2/c1-3-10-6-11(13)4-5-12(10)15-8-9(2)7-14/h4-6,9,15H,3,8H2,1-2H3. The second kappa shape index (κ2) is 5.77. The summed E-state index contributed by atoms with van der Waals surface area (Å²) in [5, 5.41) is 12.0. The predicted octanol–water partition coefficient (Wildman–Crippen LogP) is 3.58. The summed E-state index contributed by atoms with van der Waals surface area (Å²) in [5.41, 5.74) is 2.40. The monoisotopic (exact) mass is 266 g/mol. The van der Waals surface area contributed by atoms with Gasteiger partial charge in [0, 0.05) is 16.7 Å². The van der Waals surface area contributed by atoms with Crippen LogP contribution >= 0.6 is 15.9 Å². The molecule has 0 spiro atoms. The summed E-state index contributed by atoms with van der Waals surface area (Å²) in [6.07, 6.45) is 0.989. The fourth-order valence-electron chi connectivity index (χ4n) is 1.34. The van der Waals surface area contributed by atoms with Crippen LogP contribution < -0.4 is 5.32 Å². The molecular weight excluding hydrogens is 252 g/mol. The number of halogens is 1. The van der Waals surface area contributed by atoms with Crippen LogP contribution in [0.25, 0.3) is 0 Å². The van der Waals surface area contributed by atoms with Gasteiger partial charge in [-0.3, -0.25) is 0 Å². The number of nitriles is 1. The minimum atomic E-state index is 0.0401. The Morgan fingerprint density at radius 2 is 2.27 bits per heavy atom. The quantitative estimate of drug-likeness (QED) is 0.905. The normalized spacial score (nSPS) is 11.9. The third-order valence-corrected chi connectivity index (χ3v) is 2.76. The predicted molar refractivity (Wildman–Crippen MR) is 66.8 cm³/mol. The second-order valence-corrected chi connectivity index (χ2v) is 4.48. The first-order valence-corrected chi connectivity index (χ1v) is 5.88. The third-order valence-electron chi connectivity index (χ3n) is 2.27. The van der Waals surface area contributed by atoms with Crippen LogP contribution in [0.1, 0.15) is 19.4 Å². The van der Waals surface area contributed by atoms with Crippen LogP contribution in [0.15, 0.2) is 22.7 Å².